The highest BCUT2D eigenvalue weighted by molar-refractivity contribution is 6.01. The Hall–Kier alpha value is -5.27. The fourth-order valence-corrected chi connectivity index (χ4v) is 5.61. The number of benzene rings is 5. The summed E-state index contributed by atoms with van der Waals surface area (Å²) in [6.45, 7) is 0.673. The SMILES string of the molecule is O=C(NCc1ccc(F)cc1)[C@]1(Cc2ccccc2)N=C(c2ccc(OCCCO)cc2)O[C@@H]1c1ccc(-c2ccccc2)cc1. The lowest BCUT2D eigenvalue weighted by Crippen LogP contribution is -2.49. The second-order valence-corrected chi connectivity index (χ2v) is 11.2. The minimum Gasteiger partial charge on any atom is -0.494 e. The maximum Gasteiger partial charge on any atom is 0.252 e. The largest absolute Gasteiger partial charge is 0.494 e. The standard InChI is InChI=1S/C39H35FN2O4/c40-34-20-12-29(13-21-34)27-41-38(44)39(26-28-8-3-1-4-9-28)36(32-16-14-31(15-17-32)30-10-5-2-6-11-30)46-37(42-39)33-18-22-35(23-19-33)45-25-7-24-43/h1-6,8-23,36,43H,7,24-27H2,(H,41,44)/t36-,39-/m1/s1. The predicted octanol–water partition coefficient (Wildman–Crippen LogP) is 7.07. The van der Waals surface area contributed by atoms with E-state index in [4.69, 9.17) is 19.6 Å². The summed E-state index contributed by atoms with van der Waals surface area (Å²) in [4.78, 5) is 19.6. The number of halogens is 1. The first-order chi connectivity index (χ1) is 22.5. The highest BCUT2D eigenvalue weighted by atomic mass is 19.1. The Morgan fingerprint density at radius 1 is 0.783 bits per heavy atom. The van der Waals surface area contributed by atoms with Crippen molar-refractivity contribution >= 4 is 11.8 Å². The molecule has 1 aliphatic rings. The van der Waals surface area contributed by atoms with Gasteiger partial charge in [0, 0.05) is 31.6 Å². The summed E-state index contributed by atoms with van der Waals surface area (Å²) in [5.74, 6) is 0.387. The number of aliphatic imine (C=N–C) groups is 1. The van der Waals surface area contributed by atoms with Crippen LogP contribution in [-0.4, -0.2) is 35.7 Å². The van der Waals surface area contributed by atoms with Crippen LogP contribution in [0.1, 0.15) is 34.8 Å². The minimum atomic E-state index is -1.35. The summed E-state index contributed by atoms with van der Waals surface area (Å²) in [6.07, 6.45) is 0.0958. The molecular formula is C39H35FN2O4. The van der Waals surface area contributed by atoms with Crippen molar-refractivity contribution in [2.24, 2.45) is 4.99 Å². The Balaban J connectivity index is 1.39. The Bertz CT molecular complexity index is 1760. The van der Waals surface area contributed by atoms with Crippen LogP contribution in [0.15, 0.2) is 138 Å². The summed E-state index contributed by atoms with van der Waals surface area (Å²) in [5.41, 5.74) is 4.03. The van der Waals surface area contributed by atoms with E-state index in [9.17, 15) is 9.18 Å². The third kappa shape index (κ3) is 7.00. The molecule has 1 amide bonds. The molecule has 5 aromatic carbocycles. The fraction of sp³-hybridized carbons (Fsp3) is 0.179. The lowest BCUT2D eigenvalue weighted by Gasteiger charge is -2.31. The number of hydrogen-bond acceptors (Lipinski definition) is 5. The molecule has 1 aliphatic heterocycles. The Labute approximate surface area is 268 Å². The zero-order chi connectivity index (χ0) is 31.8. The Morgan fingerprint density at radius 2 is 1.41 bits per heavy atom. The molecule has 0 aromatic heterocycles. The van der Waals surface area contributed by atoms with Gasteiger partial charge in [-0.15, -0.1) is 0 Å². The third-order valence-electron chi connectivity index (χ3n) is 8.03. The van der Waals surface area contributed by atoms with Crippen molar-refractivity contribution in [3.8, 4) is 16.9 Å². The van der Waals surface area contributed by atoms with Crippen molar-refractivity contribution in [3.05, 3.63) is 162 Å². The predicted molar refractivity (Wildman–Crippen MR) is 177 cm³/mol. The molecule has 0 aliphatic carbocycles. The van der Waals surface area contributed by atoms with Gasteiger partial charge in [-0.1, -0.05) is 97.1 Å². The molecule has 0 unspecified atom stereocenters. The van der Waals surface area contributed by atoms with Crippen LogP contribution in [0, 0.1) is 5.82 Å². The van der Waals surface area contributed by atoms with Crippen LogP contribution in [0.5, 0.6) is 5.75 Å². The average molecular weight is 615 g/mol. The van der Waals surface area contributed by atoms with Gasteiger partial charge in [0.1, 0.15) is 11.6 Å². The zero-order valence-corrected chi connectivity index (χ0v) is 25.3. The zero-order valence-electron chi connectivity index (χ0n) is 25.3. The number of carbonyl (C=O) groups excluding carboxylic acids is 1. The van der Waals surface area contributed by atoms with Crippen LogP contribution in [0.25, 0.3) is 11.1 Å². The number of ether oxygens (including phenoxy) is 2. The van der Waals surface area contributed by atoms with Crippen LogP contribution in [0.3, 0.4) is 0 Å². The quantitative estimate of drug-likeness (QED) is 0.147. The number of aliphatic hydroxyl groups excluding tert-OH is 1. The highest BCUT2D eigenvalue weighted by Crippen LogP contribution is 2.43. The van der Waals surface area contributed by atoms with Gasteiger partial charge in [0.2, 0.25) is 5.90 Å². The fourth-order valence-electron chi connectivity index (χ4n) is 5.61. The second kappa shape index (κ2) is 14.2. The van der Waals surface area contributed by atoms with Crippen LogP contribution in [0.2, 0.25) is 0 Å². The van der Waals surface area contributed by atoms with Gasteiger partial charge < -0.3 is 19.9 Å². The highest BCUT2D eigenvalue weighted by Gasteiger charge is 2.53. The maximum absolute atomic E-state index is 14.4. The number of nitrogens with one attached hydrogen (secondary N) is 1. The van der Waals surface area contributed by atoms with E-state index in [0.717, 1.165) is 27.8 Å². The summed E-state index contributed by atoms with van der Waals surface area (Å²) < 4.78 is 26.0. The molecule has 0 fully saturated rings. The van der Waals surface area contributed by atoms with Gasteiger partial charge in [-0.05, 0) is 64.2 Å². The summed E-state index contributed by atoms with van der Waals surface area (Å²) in [7, 11) is 0. The number of aliphatic hydroxyl groups is 1. The van der Waals surface area contributed by atoms with Crippen molar-refractivity contribution in [1.82, 2.24) is 5.32 Å². The normalized spacial score (nSPS) is 17.2. The molecule has 0 saturated heterocycles. The Morgan fingerprint density at radius 3 is 2.09 bits per heavy atom. The molecule has 0 saturated carbocycles. The van der Waals surface area contributed by atoms with Gasteiger partial charge in [-0.2, -0.15) is 0 Å². The van der Waals surface area contributed by atoms with E-state index in [1.54, 1.807) is 12.1 Å². The number of rotatable bonds is 12. The van der Waals surface area contributed by atoms with Crippen molar-refractivity contribution in [2.45, 2.75) is 31.0 Å². The summed E-state index contributed by atoms with van der Waals surface area (Å²) in [5, 5.41) is 12.2. The monoisotopic (exact) mass is 614 g/mol. The molecule has 0 radical (unpaired) electrons. The molecule has 7 heteroatoms. The van der Waals surface area contributed by atoms with Crippen molar-refractivity contribution in [1.29, 1.82) is 0 Å². The summed E-state index contributed by atoms with van der Waals surface area (Å²) >= 11 is 0. The number of hydrogen-bond donors (Lipinski definition) is 2. The second-order valence-electron chi connectivity index (χ2n) is 11.2. The topological polar surface area (TPSA) is 80.2 Å². The van der Waals surface area contributed by atoms with E-state index in [1.807, 2.05) is 97.1 Å². The molecule has 5 aromatic rings. The van der Waals surface area contributed by atoms with Crippen LogP contribution >= 0.6 is 0 Å². The Kier molecular flexibility index (Phi) is 9.51. The first kappa shape index (κ1) is 30.7. The molecule has 0 bridgehead atoms. The van der Waals surface area contributed by atoms with Gasteiger partial charge in [-0.3, -0.25) is 4.79 Å². The van der Waals surface area contributed by atoms with Gasteiger partial charge >= 0.3 is 0 Å². The molecule has 0 spiro atoms. The molecule has 2 N–H and O–H groups in total. The molecule has 6 nitrogen and oxygen atoms in total. The van der Waals surface area contributed by atoms with E-state index in [-0.39, 0.29) is 24.9 Å². The van der Waals surface area contributed by atoms with E-state index in [0.29, 0.717) is 36.7 Å². The molecule has 46 heavy (non-hydrogen) atoms. The molecular weight excluding hydrogens is 579 g/mol. The van der Waals surface area contributed by atoms with Crippen LogP contribution in [-0.2, 0) is 22.5 Å². The summed E-state index contributed by atoms with van der Waals surface area (Å²) in [6, 6.07) is 41.4. The average Bonchev–Trinajstić information content (AvgIpc) is 3.49. The maximum atomic E-state index is 14.4. The molecule has 232 valence electrons. The van der Waals surface area contributed by atoms with Gasteiger partial charge in [0.15, 0.2) is 11.6 Å². The van der Waals surface area contributed by atoms with E-state index < -0.39 is 11.6 Å². The van der Waals surface area contributed by atoms with E-state index in [2.05, 4.69) is 17.4 Å². The van der Waals surface area contributed by atoms with Crippen molar-refractivity contribution in [2.75, 3.05) is 13.2 Å². The van der Waals surface area contributed by atoms with Crippen molar-refractivity contribution in [3.63, 3.8) is 0 Å². The smallest absolute Gasteiger partial charge is 0.252 e. The van der Waals surface area contributed by atoms with Gasteiger partial charge in [0.05, 0.1) is 6.61 Å². The van der Waals surface area contributed by atoms with Crippen molar-refractivity contribution < 1.29 is 23.8 Å². The number of carbonyl (C=O) groups is 1. The molecule has 6 rings (SSSR count). The minimum absolute atomic E-state index is 0.0587. The number of nitrogens with zero attached hydrogens (tertiary/aromatic N) is 1. The molecule has 2 atom stereocenters. The lowest BCUT2D eigenvalue weighted by molar-refractivity contribution is -0.129. The number of amides is 1. The third-order valence-corrected chi connectivity index (χ3v) is 8.03. The van der Waals surface area contributed by atoms with Crippen LogP contribution < -0.4 is 10.1 Å². The van der Waals surface area contributed by atoms with Gasteiger partial charge in [0.25, 0.3) is 5.91 Å². The van der Waals surface area contributed by atoms with E-state index in [1.165, 1.54) is 12.1 Å². The molecule has 1 heterocycles. The first-order valence-corrected chi connectivity index (χ1v) is 15.4. The lowest BCUT2D eigenvalue weighted by atomic mass is 9.81. The van der Waals surface area contributed by atoms with Crippen LogP contribution in [0.4, 0.5) is 4.39 Å². The van der Waals surface area contributed by atoms with E-state index >= 15 is 0 Å². The van der Waals surface area contributed by atoms with Gasteiger partial charge in [-0.25, -0.2) is 9.38 Å². The first-order valence-electron chi connectivity index (χ1n) is 15.4.